The average molecular weight is 761 g/mol. The highest BCUT2D eigenvalue weighted by atomic mass is 16.5. The van der Waals surface area contributed by atoms with Crippen molar-refractivity contribution in [2.75, 3.05) is 26.2 Å². The van der Waals surface area contributed by atoms with Crippen molar-refractivity contribution in [2.24, 2.45) is 4.99 Å². The molecule has 0 aromatic heterocycles. The summed E-state index contributed by atoms with van der Waals surface area (Å²) in [5.74, 6) is 0.728. The monoisotopic (exact) mass is 761 g/mol. The van der Waals surface area contributed by atoms with E-state index in [0.29, 0.717) is 19.4 Å². The molecule has 6 nitrogen and oxygen atoms in total. The van der Waals surface area contributed by atoms with E-state index in [-0.39, 0.29) is 5.97 Å². The predicted octanol–water partition coefficient (Wildman–Crippen LogP) is 15.0. The summed E-state index contributed by atoms with van der Waals surface area (Å²) in [4.78, 5) is 30.0. The number of rotatable bonds is 44. The zero-order chi connectivity index (χ0) is 38.8. The number of carboxylic acid groups (broad SMARTS) is 1. The number of ether oxygens (including phenoxy) is 1. The molecule has 0 fully saturated rings. The maximum absolute atomic E-state index is 12.1. The third kappa shape index (κ3) is 36.1. The van der Waals surface area contributed by atoms with Crippen molar-refractivity contribution in [1.82, 2.24) is 4.90 Å². The highest BCUT2D eigenvalue weighted by Crippen LogP contribution is 2.17. The molecule has 1 N–H and O–H groups in total. The molecule has 0 saturated heterocycles. The van der Waals surface area contributed by atoms with E-state index < -0.39 is 5.97 Å². The number of nitrogens with zero attached hydrogens (tertiary/aromatic N) is 2. The molecule has 0 bridgehead atoms. The van der Waals surface area contributed by atoms with Gasteiger partial charge in [0.15, 0.2) is 0 Å². The Hall–Kier alpha value is -1.59. The van der Waals surface area contributed by atoms with E-state index in [1.807, 2.05) is 0 Å². The Morgan fingerprint density at radius 3 is 1.31 bits per heavy atom. The van der Waals surface area contributed by atoms with Gasteiger partial charge in [0.2, 0.25) is 0 Å². The smallest absolute Gasteiger partial charge is 0.305 e. The summed E-state index contributed by atoms with van der Waals surface area (Å²) in [6.45, 7) is 6.22. The molecular formula is C48H92N2O4. The number of amidine groups is 1. The fourth-order valence-electron chi connectivity index (χ4n) is 8.05. The summed E-state index contributed by atoms with van der Waals surface area (Å²) in [5.41, 5.74) is 0. The molecule has 0 saturated carbocycles. The van der Waals surface area contributed by atoms with Crippen LogP contribution in [-0.4, -0.2) is 54.0 Å². The quantitative estimate of drug-likeness (QED) is 0.0494. The zero-order valence-corrected chi connectivity index (χ0v) is 36.2. The third-order valence-corrected chi connectivity index (χ3v) is 11.6. The molecule has 318 valence electrons. The number of unbranched alkanes of at least 4 members (excludes halogenated alkanes) is 34. The Morgan fingerprint density at radius 1 is 0.500 bits per heavy atom. The SMILES string of the molecule is CCCCCCCCCCCCCCCCCCOC(=O)CCCCCCCCCCCCCN1CCN=C1CCCCCCCCCCCCC(=O)O. The maximum Gasteiger partial charge on any atom is 0.305 e. The Kier molecular flexibility index (Phi) is 38.3. The normalized spacial score (nSPS) is 12.8. The summed E-state index contributed by atoms with van der Waals surface area (Å²) in [6.07, 6.45) is 50.4. The summed E-state index contributed by atoms with van der Waals surface area (Å²) in [6, 6.07) is 0. The minimum atomic E-state index is -0.662. The van der Waals surface area contributed by atoms with E-state index >= 15 is 0 Å². The van der Waals surface area contributed by atoms with Crippen LogP contribution in [0.5, 0.6) is 0 Å². The maximum atomic E-state index is 12.1. The van der Waals surface area contributed by atoms with Gasteiger partial charge >= 0.3 is 11.9 Å². The lowest BCUT2D eigenvalue weighted by Gasteiger charge is -2.20. The molecule has 0 aromatic carbocycles. The molecule has 6 heteroatoms. The first kappa shape index (κ1) is 50.4. The number of hydrogen-bond acceptors (Lipinski definition) is 5. The van der Waals surface area contributed by atoms with Crippen LogP contribution in [0.1, 0.15) is 264 Å². The van der Waals surface area contributed by atoms with Gasteiger partial charge in [-0.05, 0) is 32.1 Å². The highest BCUT2D eigenvalue weighted by Gasteiger charge is 2.15. The highest BCUT2D eigenvalue weighted by molar-refractivity contribution is 5.83. The van der Waals surface area contributed by atoms with Gasteiger partial charge in [-0.15, -0.1) is 0 Å². The molecule has 1 heterocycles. The molecule has 1 aliphatic rings. The fraction of sp³-hybridized carbons (Fsp3) is 0.938. The molecule has 0 aromatic rings. The van der Waals surface area contributed by atoms with Crippen molar-refractivity contribution in [2.45, 2.75) is 264 Å². The third-order valence-electron chi connectivity index (χ3n) is 11.6. The summed E-state index contributed by atoms with van der Waals surface area (Å²) in [5, 5.41) is 8.70. The van der Waals surface area contributed by atoms with Crippen molar-refractivity contribution in [1.29, 1.82) is 0 Å². The number of aliphatic imine (C=N–C) groups is 1. The molecule has 0 unspecified atom stereocenters. The van der Waals surface area contributed by atoms with E-state index in [1.54, 1.807) is 0 Å². The second-order valence-corrected chi connectivity index (χ2v) is 16.9. The average Bonchev–Trinajstić information content (AvgIpc) is 3.62. The van der Waals surface area contributed by atoms with Gasteiger partial charge in [-0.1, -0.05) is 212 Å². The van der Waals surface area contributed by atoms with Crippen LogP contribution in [-0.2, 0) is 14.3 Å². The first-order valence-corrected chi connectivity index (χ1v) is 24.3. The van der Waals surface area contributed by atoms with Gasteiger partial charge < -0.3 is 14.7 Å². The van der Waals surface area contributed by atoms with Gasteiger partial charge in [0.05, 0.1) is 19.0 Å². The van der Waals surface area contributed by atoms with Crippen molar-refractivity contribution in [3.8, 4) is 0 Å². The first-order chi connectivity index (χ1) is 26.6. The number of aliphatic carboxylic acids is 1. The minimum absolute atomic E-state index is 0.0161. The van der Waals surface area contributed by atoms with Gasteiger partial charge in [-0.25, -0.2) is 0 Å². The minimum Gasteiger partial charge on any atom is -0.481 e. The van der Waals surface area contributed by atoms with Crippen molar-refractivity contribution < 1.29 is 19.4 Å². The van der Waals surface area contributed by atoms with Gasteiger partial charge in [0.25, 0.3) is 0 Å². The number of carbonyl (C=O) groups is 2. The standard InChI is InChI=1S/C48H92N2O4/c1-2-3-4-5-6-7-8-9-10-11-12-18-23-28-33-38-45-54-48(53)41-36-31-26-21-14-13-17-22-27-32-37-43-50-44-42-49-46(50)39-34-29-24-19-15-16-20-25-30-35-40-47(51)52/h2-45H2,1H3,(H,51,52). The Morgan fingerprint density at radius 2 is 0.870 bits per heavy atom. The predicted molar refractivity (Wildman–Crippen MR) is 233 cm³/mol. The lowest BCUT2D eigenvalue weighted by atomic mass is 10.0. The molecule has 0 spiro atoms. The van der Waals surface area contributed by atoms with E-state index in [2.05, 4.69) is 11.8 Å². The number of carboxylic acids is 1. The lowest BCUT2D eigenvalue weighted by Crippen LogP contribution is -2.28. The summed E-state index contributed by atoms with van der Waals surface area (Å²) >= 11 is 0. The van der Waals surface area contributed by atoms with E-state index in [4.69, 9.17) is 14.8 Å². The van der Waals surface area contributed by atoms with Gasteiger partial charge in [0, 0.05) is 32.4 Å². The van der Waals surface area contributed by atoms with Crippen LogP contribution >= 0.6 is 0 Å². The van der Waals surface area contributed by atoms with E-state index in [1.165, 1.54) is 218 Å². The van der Waals surface area contributed by atoms with E-state index in [9.17, 15) is 9.59 Å². The topological polar surface area (TPSA) is 79.2 Å². The molecule has 0 radical (unpaired) electrons. The number of esters is 1. The molecule has 54 heavy (non-hydrogen) atoms. The van der Waals surface area contributed by atoms with Crippen LogP contribution in [0.3, 0.4) is 0 Å². The van der Waals surface area contributed by atoms with Crippen molar-refractivity contribution in [3.63, 3.8) is 0 Å². The van der Waals surface area contributed by atoms with Gasteiger partial charge in [0.1, 0.15) is 0 Å². The van der Waals surface area contributed by atoms with Gasteiger partial charge in [-0.2, -0.15) is 0 Å². The molecule has 1 aliphatic heterocycles. The van der Waals surface area contributed by atoms with Crippen LogP contribution in [0.2, 0.25) is 0 Å². The first-order valence-electron chi connectivity index (χ1n) is 24.3. The summed E-state index contributed by atoms with van der Waals surface area (Å²) in [7, 11) is 0. The Labute approximate surface area is 336 Å². The molecule has 0 amide bonds. The van der Waals surface area contributed by atoms with Crippen LogP contribution in [0.15, 0.2) is 4.99 Å². The van der Waals surface area contributed by atoms with Crippen molar-refractivity contribution in [3.05, 3.63) is 0 Å². The fourth-order valence-corrected chi connectivity index (χ4v) is 8.05. The van der Waals surface area contributed by atoms with Crippen LogP contribution in [0, 0.1) is 0 Å². The van der Waals surface area contributed by atoms with Crippen molar-refractivity contribution >= 4 is 17.8 Å². The Bertz CT molecular complexity index is 847. The number of carbonyl (C=O) groups excluding carboxylic acids is 1. The van der Waals surface area contributed by atoms with E-state index in [0.717, 1.165) is 51.6 Å². The zero-order valence-electron chi connectivity index (χ0n) is 36.2. The summed E-state index contributed by atoms with van der Waals surface area (Å²) < 4.78 is 5.49. The molecule has 0 aliphatic carbocycles. The Balaban J connectivity index is 1.76. The molecule has 1 rings (SSSR count). The second-order valence-electron chi connectivity index (χ2n) is 16.9. The van der Waals surface area contributed by atoms with Gasteiger partial charge in [-0.3, -0.25) is 14.6 Å². The van der Waals surface area contributed by atoms with Crippen LogP contribution in [0.25, 0.3) is 0 Å². The largest absolute Gasteiger partial charge is 0.481 e. The second kappa shape index (κ2) is 41.1. The molecule has 0 atom stereocenters. The van der Waals surface area contributed by atoms with Crippen LogP contribution in [0.4, 0.5) is 0 Å². The molecular weight excluding hydrogens is 669 g/mol. The lowest BCUT2D eigenvalue weighted by molar-refractivity contribution is -0.144. The van der Waals surface area contributed by atoms with Crippen LogP contribution < -0.4 is 0 Å². The number of hydrogen-bond donors (Lipinski definition) is 1.